The first-order chi connectivity index (χ1) is 8.48. The summed E-state index contributed by atoms with van der Waals surface area (Å²) in [4.78, 5) is 16.9. The van der Waals surface area contributed by atoms with Gasteiger partial charge in [0.1, 0.15) is 5.69 Å². The minimum absolute atomic E-state index is 0.00861. The Morgan fingerprint density at radius 1 is 1.28 bits per heavy atom. The molecule has 1 saturated heterocycles. The minimum Gasteiger partial charge on any atom is -0.336 e. The van der Waals surface area contributed by atoms with Crippen LogP contribution in [-0.4, -0.2) is 48.8 Å². The summed E-state index contributed by atoms with van der Waals surface area (Å²) >= 11 is 0. The molecule has 0 unspecified atom stereocenters. The van der Waals surface area contributed by atoms with Gasteiger partial charge in [-0.25, -0.2) is 13.4 Å². The third kappa shape index (κ3) is 3.04. The molecule has 5 nitrogen and oxygen atoms in total. The van der Waals surface area contributed by atoms with Crippen LogP contribution >= 0.6 is 0 Å². The van der Waals surface area contributed by atoms with Gasteiger partial charge in [0.05, 0.1) is 11.5 Å². The van der Waals surface area contributed by atoms with Crippen molar-refractivity contribution >= 4 is 15.7 Å². The third-order valence-corrected chi connectivity index (χ3v) is 4.49. The molecular weight excluding hydrogens is 259 g/mol. The fraction of sp³-hybridized carbons (Fsp3) is 0.455. The monoisotopic (exact) mass is 272 g/mol. The van der Waals surface area contributed by atoms with Crippen LogP contribution in [-0.2, 0) is 9.84 Å². The largest absolute Gasteiger partial charge is 0.336 e. The van der Waals surface area contributed by atoms with Gasteiger partial charge in [-0.15, -0.1) is 0 Å². The lowest BCUT2D eigenvalue weighted by molar-refractivity contribution is 0.0761. The van der Waals surface area contributed by atoms with Gasteiger partial charge in [-0.2, -0.15) is 4.39 Å². The molecule has 1 amide bonds. The van der Waals surface area contributed by atoms with Crippen molar-refractivity contribution < 1.29 is 17.6 Å². The summed E-state index contributed by atoms with van der Waals surface area (Å²) in [5.41, 5.74) is 0.00861. The van der Waals surface area contributed by atoms with E-state index in [0.29, 0.717) is 13.0 Å². The number of carbonyl (C=O) groups excluding carboxylic acids is 1. The van der Waals surface area contributed by atoms with Crippen LogP contribution in [0.5, 0.6) is 0 Å². The van der Waals surface area contributed by atoms with Crippen LogP contribution in [0.1, 0.15) is 16.9 Å². The van der Waals surface area contributed by atoms with Crippen molar-refractivity contribution in [1.29, 1.82) is 0 Å². The number of hydrogen-bond acceptors (Lipinski definition) is 4. The predicted octanol–water partition coefficient (Wildman–Crippen LogP) is 0.481. The number of aromatic nitrogens is 1. The molecule has 0 N–H and O–H groups in total. The van der Waals surface area contributed by atoms with Crippen molar-refractivity contribution in [2.75, 3.05) is 24.6 Å². The molecule has 0 saturated carbocycles. The number of halogens is 1. The highest BCUT2D eigenvalue weighted by Gasteiger charge is 2.24. The average molecular weight is 272 g/mol. The molecule has 0 spiro atoms. The second-order valence-corrected chi connectivity index (χ2v) is 6.45. The van der Waals surface area contributed by atoms with Gasteiger partial charge in [0, 0.05) is 13.1 Å². The van der Waals surface area contributed by atoms with Crippen LogP contribution in [0.25, 0.3) is 0 Å². The lowest BCUT2D eigenvalue weighted by atomic mass is 10.3. The number of nitrogens with zero attached hydrogens (tertiary/aromatic N) is 2. The number of hydrogen-bond donors (Lipinski definition) is 0. The van der Waals surface area contributed by atoms with Crippen molar-refractivity contribution in [1.82, 2.24) is 9.88 Å². The van der Waals surface area contributed by atoms with Crippen molar-refractivity contribution in [3.8, 4) is 0 Å². The van der Waals surface area contributed by atoms with E-state index >= 15 is 0 Å². The highest BCUT2D eigenvalue weighted by Crippen LogP contribution is 2.09. The molecule has 0 radical (unpaired) electrons. The Bertz CT molecular complexity index is 559. The smallest absolute Gasteiger partial charge is 0.272 e. The van der Waals surface area contributed by atoms with Gasteiger partial charge in [0.25, 0.3) is 5.91 Å². The minimum atomic E-state index is -3.06. The van der Waals surface area contributed by atoms with Crippen LogP contribution in [0.15, 0.2) is 18.2 Å². The zero-order valence-corrected chi connectivity index (χ0v) is 10.5. The number of rotatable bonds is 1. The van der Waals surface area contributed by atoms with Crippen LogP contribution in [0.2, 0.25) is 0 Å². The summed E-state index contributed by atoms with van der Waals surface area (Å²) in [6.07, 6.45) is 0.406. The number of pyridine rings is 1. The first kappa shape index (κ1) is 12.9. The van der Waals surface area contributed by atoms with Crippen molar-refractivity contribution in [3.63, 3.8) is 0 Å². The fourth-order valence-electron chi connectivity index (χ4n) is 1.83. The molecule has 1 aliphatic heterocycles. The lowest BCUT2D eigenvalue weighted by Crippen LogP contribution is -2.34. The molecule has 2 rings (SSSR count). The maximum atomic E-state index is 12.9. The Labute approximate surface area is 105 Å². The van der Waals surface area contributed by atoms with Gasteiger partial charge in [0.2, 0.25) is 5.95 Å². The van der Waals surface area contributed by atoms with Crippen molar-refractivity contribution in [2.45, 2.75) is 6.42 Å². The van der Waals surface area contributed by atoms with Gasteiger partial charge in [0.15, 0.2) is 9.84 Å². The average Bonchev–Trinajstić information content (AvgIpc) is 2.49. The van der Waals surface area contributed by atoms with Gasteiger partial charge in [-0.3, -0.25) is 4.79 Å². The van der Waals surface area contributed by atoms with E-state index in [2.05, 4.69) is 4.98 Å². The second kappa shape index (κ2) is 5.01. The molecule has 18 heavy (non-hydrogen) atoms. The zero-order valence-electron chi connectivity index (χ0n) is 9.67. The molecule has 1 aliphatic rings. The van der Waals surface area contributed by atoms with Gasteiger partial charge in [-0.05, 0) is 18.6 Å². The van der Waals surface area contributed by atoms with E-state index in [1.54, 1.807) is 0 Å². The molecule has 0 aromatic carbocycles. The standard InChI is InChI=1S/C11H13FN2O3S/c12-10-4-1-3-9(13-10)11(15)14-5-2-7-18(16,17)8-6-14/h1,3-4H,2,5-8H2. The van der Waals surface area contributed by atoms with E-state index in [1.165, 1.54) is 17.0 Å². The highest BCUT2D eigenvalue weighted by molar-refractivity contribution is 7.91. The number of sulfone groups is 1. The predicted molar refractivity (Wildman–Crippen MR) is 63.4 cm³/mol. The Morgan fingerprint density at radius 3 is 2.78 bits per heavy atom. The molecule has 0 bridgehead atoms. The number of amides is 1. The maximum Gasteiger partial charge on any atom is 0.272 e. The zero-order chi connectivity index (χ0) is 13.2. The molecule has 0 atom stereocenters. The van der Waals surface area contributed by atoms with Gasteiger partial charge in [-0.1, -0.05) is 6.07 Å². The Morgan fingerprint density at radius 2 is 2.06 bits per heavy atom. The molecule has 2 heterocycles. The molecule has 0 aliphatic carbocycles. The van der Waals surface area contributed by atoms with Crippen LogP contribution in [0.4, 0.5) is 4.39 Å². The summed E-state index contributed by atoms with van der Waals surface area (Å²) in [7, 11) is -3.06. The first-order valence-corrected chi connectivity index (χ1v) is 7.42. The Hall–Kier alpha value is -1.50. The van der Waals surface area contributed by atoms with E-state index in [9.17, 15) is 17.6 Å². The van der Waals surface area contributed by atoms with E-state index in [1.807, 2.05) is 0 Å². The Kier molecular flexibility index (Phi) is 3.60. The number of carbonyl (C=O) groups is 1. The quantitative estimate of drug-likeness (QED) is 0.697. The first-order valence-electron chi connectivity index (χ1n) is 5.60. The Balaban J connectivity index is 2.14. The van der Waals surface area contributed by atoms with E-state index in [-0.39, 0.29) is 23.7 Å². The summed E-state index contributed by atoms with van der Waals surface area (Å²) in [6.45, 7) is 0.496. The molecule has 1 aromatic heterocycles. The van der Waals surface area contributed by atoms with E-state index in [0.717, 1.165) is 6.07 Å². The SMILES string of the molecule is O=C(c1cccc(F)n1)N1CCCS(=O)(=O)CC1. The summed E-state index contributed by atoms with van der Waals surface area (Å²) < 4.78 is 35.8. The molecule has 98 valence electrons. The summed E-state index contributed by atoms with van der Waals surface area (Å²) in [6, 6.07) is 3.98. The highest BCUT2D eigenvalue weighted by atomic mass is 32.2. The van der Waals surface area contributed by atoms with Crippen molar-refractivity contribution in [2.24, 2.45) is 0 Å². The lowest BCUT2D eigenvalue weighted by Gasteiger charge is -2.18. The summed E-state index contributed by atoms with van der Waals surface area (Å²) in [5, 5.41) is 0. The van der Waals surface area contributed by atoms with Gasteiger partial charge >= 0.3 is 0 Å². The molecule has 1 aromatic rings. The summed E-state index contributed by atoms with van der Waals surface area (Å²) in [5.74, 6) is -1.10. The molecule has 1 fully saturated rings. The fourth-order valence-corrected chi connectivity index (χ4v) is 3.10. The molecular formula is C11H13FN2O3S. The van der Waals surface area contributed by atoms with Crippen LogP contribution < -0.4 is 0 Å². The topological polar surface area (TPSA) is 67.3 Å². The second-order valence-electron chi connectivity index (χ2n) is 4.14. The third-order valence-electron chi connectivity index (χ3n) is 2.78. The van der Waals surface area contributed by atoms with Gasteiger partial charge < -0.3 is 4.90 Å². The van der Waals surface area contributed by atoms with Crippen LogP contribution in [0, 0.1) is 5.95 Å². The maximum absolute atomic E-state index is 12.9. The van der Waals surface area contributed by atoms with Crippen molar-refractivity contribution in [3.05, 3.63) is 29.8 Å². The normalized spacial score (nSPS) is 19.3. The molecule has 7 heteroatoms. The van der Waals surface area contributed by atoms with E-state index in [4.69, 9.17) is 0 Å². The van der Waals surface area contributed by atoms with E-state index < -0.39 is 21.7 Å². The van der Waals surface area contributed by atoms with Crippen LogP contribution in [0.3, 0.4) is 0 Å².